The van der Waals surface area contributed by atoms with Crippen molar-refractivity contribution < 1.29 is 22.7 Å². The number of carboxylic acids is 1. The summed E-state index contributed by atoms with van der Waals surface area (Å²) < 4.78 is 32.0. The molecule has 6 nitrogen and oxygen atoms in total. The van der Waals surface area contributed by atoms with E-state index in [1.54, 1.807) is 19.3 Å². The first-order valence-electron chi connectivity index (χ1n) is 6.25. The number of thiophene rings is 1. The number of furan rings is 1. The number of carbonyl (C=O) groups is 1. The molecule has 1 atom stereocenters. The molecule has 0 fully saturated rings. The van der Waals surface area contributed by atoms with E-state index in [-0.39, 0.29) is 15.8 Å². The molecule has 0 saturated heterocycles. The smallest absolute Gasteiger partial charge is 0.336 e. The van der Waals surface area contributed by atoms with Crippen molar-refractivity contribution >= 4 is 27.3 Å². The van der Waals surface area contributed by atoms with Crippen molar-refractivity contribution in [1.82, 2.24) is 4.72 Å². The molecule has 0 aliphatic carbocycles. The Kier molecular flexibility index (Phi) is 4.81. The molecular weight excluding hydrogens is 314 g/mol. The molecule has 2 rings (SSSR count). The molecule has 2 heterocycles. The number of sulfonamides is 1. The Balaban J connectivity index is 1.97. The summed E-state index contributed by atoms with van der Waals surface area (Å²) in [6.07, 6.45) is 2.79. The van der Waals surface area contributed by atoms with E-state index in [2.05, 4.69) is 4.72 Å². The highest BCUT2D eigenvalue weighted by molar-refractivity contribution is 7.91. The zero-order valence-corrected chi connectivity index (χ0v) is 12.9. The van der Waals surface area contributed by atoms with E-state index in [9.17, 15) is 13.2 Å². The molecule has 21 heavy (non-hydrogen) atoms. The van der Waals surface area contributed by atoms with Crippen LogP contribution in [0.3, 0.4) is 0 Å². The third-order valence-electron chi connectivity index (χ3n) is 2.85. The number of hydrogen-bond donors (Lipinski definition) is 2. The Morgan fingerprint density at radius 1 is 1.52 bits per heavy atom. The molecule has 2 N–H and O–H groups in total. The Hall–Kier alpha value is -1.64. The average molecular weight is 329 g/mol. The molecular formula is C13H15NO5S2. The fourth-order valence-corrected chi connectivity index (χ4v) is 4.21. The maximum absolute atomic E-state index is 12.1. The van der Waals surface area contributed by atoms with Gasteiger partial charge in [0.05, 0.1) is 11.8 Å². The SMILES string of the molecule is C[C@H](CCc1ccco1)NS(=O)(=O)c1cc(C(=O)O)cs1. The van der Waals surface area contributed by atoms with E-state index in [4.69, 9.17) is 9.52 Å². The Labute approximate surface area is 126 Å². The van der Waals surface area contributed by atoms with Gasteiger partial charge in [0.1, 0.15) is 9.97 Å². The van der Waals surface area contributed by atoms with E-state index in [0.717, 1.165) is 23.2 Å². The molecule has 0 radical (unpaired) electrons. The molecule has 0 saturated carbocycles. The van der Waals surface area contributed by atoms with E-state index in [1.165, 1.54) is 5.38 Å². The topological polar surface area (TPSA) is 96.6 Å². The van der Waals surface area contributed by atoms with Gasteiger partial charge in [0.15, 0.2) is 0 Å². The van der Waals surface area contributed by atoms with Gasteiger partial charge < -0.3 is 9.52 Å². The highest BCUT2D eigenvalue weighted by atomic mass is 32.2. The van der Waals surface area contributed by atoms with Crippen LogP contribution in [0.25, 0.3) is 0 Å². The Morgan fingerprint density at radius 2 is 2.29 bits per heavy atom. The van der Waals surface area contributed by atoms with Crippen LogP contribution in [0.15, 0.2) is 38.5 Å². The minimum atomic E-state index is -3.69. The molecule has 0 aromatic carbocycles. The van der Waals surface area contributed by atoms with Crippen LogP contribution < -0.4 is 4.72 Å². The molecule has 8 heteroatoms. The van der Waals surface area contributed by atoms with Crippen LogP contribution in [0.1, 0.15) is 29.5 Å². The first kappa shape index (κ1) is 15.7. The van der Waals surface area contributed by atoms with Crippen LogP contribution in [0, 0.1) is 0 Å². The minimum absolute atomic E-state index is 0.00440. The fraction of sp³-hybridized carbons (Fsp3) is 0.308. The summed E-state index contributed by atoms with van der Waals surface area (Å²) in [6.45, 7) is 1.76. The van der Waals surface area contributed by atoms with Crippen LogP contribution in [0.5, 0.6) is 0 Å². The maximum Gasteiger partial charge on any atom is 0.336 e. The summed E-state index contributed by atoms with van der Waals surface area (Å²) in [4.78, 5) is 10.8. The van der Waals surface area contributed by atoms with Crippen molar-refractivity contribution in [3.8, 4) is 0 Å². The van der Waals surface area contributed by atoms with Crippen LogP contribution in [0.2, 0.25) is 0 Å². The van der Waals surface area contributed by atoms with Gasteiger partial charge >= 0.3 is 5.97 Å². The van der Waals surface area contributed by atoms with Crippen molar-refractivity contribution in [2.45, 2.75) is 30.0 Å². The predicted molar refractivity (Wildman–Crippen MR) is 78.1 cm³/mol. The van der Waals surface area contributed by atoms with Gasteiger partial charge in [-0.1, -0.05) is 0 Å². The average Bonchev–Trinajstić information content (AvgIpc) is 3.07. The van der Waals surface area contributed by atoms with Crippen LogP contribution in [0.4, 0.5) is 0 Å². The van der Waals surface area contributed by atoms with Crippen molar-refractivity contribution in [1.29, 1.82) is 0 Å². The highest BCUT2D eigenvalue weighted by Gasteiger charge is 2.21. The molecule has 0 spiro atoms. The number of rotatable bonds is 7. The first-order valence-corrected chi connectivity index (χ1v) is 8.61. The maximum atomic E-state index is 12.1. The van der Waals surface area contributed by atoms with E-state index in [0.29, 0.717) is 12.8 Å². The van der Waals surface area contributed by atoms with Gasteiger partial charge in [-0.3, -0.25) is 0 Å². The lowest BCUT2D eigenvalue weighted by atomic mass is 10.2. The minimum Gasteiger partial charge on any atom is -0.478 e. The zero-order valence-electron chi connectivity index (χ0n) is 11.3. The monoisotopic (exact) mass is 329 g/mol. The summed E-state index contributed by atoms with van der Waals surface area (Å²) in [6, 6.07) is 4.49. The molecule has 0 amide bonds. The number of hydrogen-bond acceptors (Lipinski definition) is 5. The van der Waals surface area contributed by atoms with Gasteiger partial charge in [0.2, 0.25) is 10.0 Å². The predicted octanol–water partition coefficient (Wildman–Crippen LogP) is 2.34. The Bertz CT molecular complexity index is 703. The summed E-state index contributed by atoms with van der Waals surface area (Å²) >= 11 is 0.893. The summed E-state index contributed by atoms with van der Waals surface area (Å²) in [5.41, 5.74) is -0.0244. The summed E-state index contributed by atoms with van der Waals surface area (Å²) in [7, 11) is -3.69. The van der Waals surface area contributed by atoms with Crippen LogP contribution in [-0.4, -0.2) is 25.5 Å². The third kappa shape index (κ3) is 4.16. The second-order valence-corrected chi connectivity index (χ2v) is 7.45. The van der Waals surface area contributed by atoms with E-state index < -0.39 is 16.0 Å². The van der Waals surface area contributed by atoms with Crippen molar-refractivity contribution in [3.63, 3.8) is 0 Å². The van der Waals surface area contributed by atoms with Gasteiger partial charge in [0, 0.05) is 17.8 Å². The number of aromatic carboxylic acids is 1. The second kappa shape index (κ2) is 6.42. The van der Waals surface area contributed by atoms with Crippen molar-refractivity contribution in [2.75, 3.05) is 0 Å². The van der Waals surface area contributed by atoms with Crippen LogP contribution in [-0.2, 0) is 16.4 Å². The van der Waals surface area contributed by atoms with Gasteiger partial charge in [0.25, 0.3) is 0 Å². The summed E-state index contributed by atoms with van der Waals surface area (Å²) in [5, 5.41) is 10.1. The van der Waals surface area contributed by atoms with E-state index >= 15 is 0 Å². The van der Waals surface area contributed by atoms with Gasteiger partial charge in [-0.25, -0.2) is 17.9 Å². The number of aryl methyl sites for hydroxylation is 1. The van der Waals surface area contributed by atoms with Crippen LogP contribution >= 0.6 is 11.3 Å². The molecule has 0 bridgehead atoms. The van der Waals surface area contributed by atoms with Gasteiger partial charge in [-0.05, 0) is 31.5 Å². The first-order chi connectivity index (χ1) is 9.88. The molecule has 2 aromatic rings. The van der Waals surface area contributed by atoms with Gasteiger partial charge in [-0.2, -0.15) is 0 Å². The lowest BCUT2D eigenvalue weighted by Crippen LogP contribution is -2.32. The molecule has 0 aliphatic rings. The third-order valence-corrected chi connectivity index (χ3v) is 5.88. The lowest BCUT2D eigenvalue weighted by Gasteiger charge is -2.12. The molecule has 0 unspecified atom stereocenters. The standard InChI is InChI=1S/C13H15NO5S2/c1-9(4-5-11-3-2-6-19-11)14-21(17,18)12-7-10(8-20-12)13(15)16/h2-3,6-9,14H,4-5H2,1H3,(H,15,16)/t9-/m1/s1. The molecule has 2 aromatic heterocycles. The van der Waals surface area contributed by atoms with Gasteiger partial charge in [-0.15, -0.1) is 11.3 Å². The van der Waals surface area contributed by atoms with Crippen molar-refractivity contribution in [3.05, 3.63) is 41.2 Å². The zero-order chi connectivity index (χ0) is 15.5. The largest absolute Gasteiger partial charge is 0.478 e. The molecule has 114 valence electrons. The summed E-state index contributed by atoms with van der Waals surface area (Å²) in [5.74, 6) is -0.344. The molecule has 0 aliphatic heterocycles. The van der Waals surface area contributed by atoms with Crippen molar-refractivity contribution in [2.24, 2.45) is 0 Å². The normalized spacial score (nSPS) is 13.2. The number of carboxylic acid groups (broad SMARTS) is 1. The number of nitrogens with one attached hydrogen (secondary N) is 1. The second-order valence-electron chi connectivity index (χ2n) is 4.60. The quantitative estimate of drug-likeness (QED) is 0.812. The lowest BCUT2D eigenvalue weighted by molar-refractivity contribution is 0.0697. The highest BCUT2D eigenvalue weighted by Crippen LogP contribution is 2.20. The van der Waals surface area contributed by atoms with E-state index in [1.807, 2.05) is 6.07 Å². The Morgan fingerprint density at radius 3 is 2.86 bits per heavy atom. The fourth-order valence-electron chi connectivity index (χ4n) is 1.77.